The smallest absolute Gasteiger partial charge is 0.312 e. The highest BCUT2D eigenvalue weighted by Crippen LogP contribution is 2.73. The summed E-state index contributed by atoms with van der Waals surface area (Å²) >= 11 is 0. The Morgan fingerprint density at radius 2 is 2.00 bits per heavy atom. The summed E-state index contributed by atoms with van der Waals surface area (Å²) in [5.74, 6) is -3.97. The van der Waals surface area contributed by atoms with Crippen molar-refractivity contribution in [2.75, 3.05) is 0 Å². The number of aliphatic hydroxyl groups excluding tert-OH is 1. The van der Waals surface area contributed by atoms with Gasteiger partial charge in [-0.15, -0.1) is 0 Å². The SMILES string of the molecule is C=C1C[C@]23C[C@@]1(O)CC[C@H]2C1=CC[C@H](O)[C@@](C)(C(=O)O)[C@H]1[C@@H]3C(=O)O. The van der Waals surface area contributed by atoms with E-state index in [1.807, 2.05) is 6.08 Å². The Kier molecular flexibility index (Phi) is 3.18. The predicted octanol–water partition coefficient (Wildman–Crippen LogP) is 1.58. The number of rotatable bonds is 2. The molecule has 4 aliphatic rings. The summed E-state index contributed by atoms with van der Waals surface area (Å²) in [6.07, 6.45) is 2.85. The minimum Gasteiger partial charge on any atom is -0.481 e. The molecule has 0 radical (unpaired) electrons. The Morgan fingerprint density at radius 3 is 2.60 bits per heavy atom. The average Bonchev–Trinajstić information content (AvgIpc) is 2.90. The number of aliphatic hydroxyl groups is 2. The molecule has 0 saturated heterocycles. The van der Waals surface area contributed by atoms with Crippen molar-refractivity contribution < 1.29 is 30.0 Å². The van der Waals surface area contributed by atoms with Gasteiger partial charge in [0.05, 0.1) is 23.0 Å². The molecule has 3 saturated carbocycles. The Balaban J connectivity index is 1.94. The van der Waals surface area contributed by atoms with E-state index in [2.05, 4.69) is 6.58 Å². The van der Waals surface area contributed by atoms with Crippen LogP contribution in [0.3, 0.4) is 0 Å². The van der Waals surface area contributed by atoms with Crippen molar-refractivity contribution in [3.63, 3.8) is 0 Å². The van der Waals surface area contributed by atoms with Crippen LogP contribution in [0.4, 0.5) is 0 Å². The summed E-state index contributed by atoms with van der Waals surface area (Å²) in [4.78, 5) is 24.4. The van der Waals surface area contributed by atoms with Crippen molar-refractivity contribution >= 4 is 11.9 Å². The van der Waals surface area contributed by atoms with Gasteiger partial charge in [0.1, 0.15) is 0 Å². The van der Waals surface area contributed by atoms with Crippen LogP contribution in [0.1, 0.15) is 39.0 Å². The molecular formula is C19H24O6. The molecule has 4 rings (SSSR count). The zero-order valence-electron chi connectivity index (χ0n) is 14.2. The van der Waals surface area contributed by atoms with Gasteiger partial charge in [0.2, 0.25) is 0 Å². The molecule has 0 aliphatic heterocycles. The fourth-order valence-corrected chi connectivity index (χ4v) is 6.48. The molecule has 4 N–H and O–H groups in total. The summed E-state index contributed by atoms with van der Waals surface area (Å²) in [6.45, 7) is 5.46. The topological polar surface area (TPSA) is 115 Å². The van der Waals surface area contributed by atoms with Crippen LogP contribution in [-0.4, -0.2) is 44.1 Å². The van der Waals surface area contributed by atoms with E-state index in [1.54, 1.807) is 0 Å². The van der Waals surface area contributed by atoms with Gasteiger partial charge in [-0.05, 0) is 55.9 Å². The second-order valence-electron chi connectivity index (χ2n) is 8.65. The number of carboxylic acid groups (broad SMARTS) is 2. The molecule has 7 atom stereocenters. The molecule has 0 aromatic rings. The van der Waals surface area contributed by atoms with Crippen molar-refractivity contribution in [2.45, 2.75) is 50.7 Å². The number of hydrogen-bond donors (Lipinski definition) is 4. The lowest BCUT2D eigenvalue weighted by Gasteiger charge is -2.42. The lowest BCUT2D eigenvalue weighted by molar-refractivity contribution is -0.167. The fraction of sp³-hybridized carbons (Fsp3) is 0.684. The Bertz CT molecular complexity index is 725. The van der Waals surface area contributed by atoms with Crippen molar-refractivity contribution in [1.29, 1.82) is 0 Å². The maximum atomic E-state index is 12.3. The summed E-state index contributed by atoms with van der Waals surface area (Å²) in [5.41, 5.74) is -1.76. The summed E-state index contributed by atoms with van der Waals surface area (Å²) < 4.78 is 0. The van der Waals surface area contributed by atoms with Crippen LogP contribution < -0.4 is 0 Å². The number of carboxylic acids is 2. The molecule has 4 aliphatic carbocycles. The highest BCUT2D eigenvalue weighted by Gasteiger charge is 2.73. The first kappa shape index (κ1) is 16.8. The minimum atomic E-state index is -1.54. The van der Waals surface area contributed by atoms with Gasteiger partial charge in [-0.25, -0.2) is 0 Å². The number of hydrogen-bond acceptors (Lipinski definition) is 4. The minimum absolute atomic E-state index is 0.0655. The molecule has 136 valence electrons. The maximum absolute atomic E-state index is 12.3. The van der Waals surface area contributed by atoms with Crippen LogP contribution in [0.25, 0.3) is 0 Å². The largest absolute Gasteiger partial charge is 0.481 e. The Labute approximate surface area is 145 Å². The Hall–Kier alpha value is -1.66. The van der Waals surface area contributed by atoms with Gasteiger partial charge in [0.25, 0.3) is 0 Å². The molecule has 0 aromatic heterocycles. The van der Waals surface area contributed by atoms with E-state index in [4.69, 9.17) is 0 Å². The first-order valence-electron chi connectivity index (χ1n) is 8.83. The molecule has 0 heterocycles. The molecule has 1 spiro atoms. The molecule has 0 amide bonds. The van der Waals surface area contributed by atoms with Crippen LogP contribution in [0.15, 0.2) is 23.8 Å². The zero-order chi connectivity index (χ0) is 18.4. The van der Waals surface area contributed by atoms with Crippen molar-refractivity contribution in [2.24, 2.45) is 28.6 Å². The lowest BCUT2D eigenvalue weighted by Crippen LogP contribution is -2.52. The summed E-state index contributed by atoms with van der Waals surface area (Å²) in [6, 6.07) is 0. The van der Waals surface area contributed by atoms with Gasteiger partial charge in [-0.1, -0.05) is 18.2 Å². The standard InChI is InChI=1S/C19H24O6/c1-9-7-18-8-19(9,25)6-5-11(18)10-3-4-12(20)17(2,16(23)24)13(10)14(18)15(21)22/h3,11-14,20,25H,1,4-8H2,2H3,(H,21,22)(H,23,24)/t11-,12-,13+,14+,17+,18-,19-/m0/s1. The van der Waals surface area contributed by atoms with E-state index in [1.165, 1.54) is 6.92 Å². The number of aliphatic carboxylic acids is 2. The Morgan fingerprint density at radius 1 is 1.32 bits per heavy atom. The van der Waals surface area contributed by atoms with Gasteiger partial charge in [0.15, 0.2) is 0 Å². The van der Waals surface area contributed by atoms with Crippen molar-refractivity contribution in [3.05, 3.63) is 23.8 Å². The first-order valence-corrected chi connectivity index (χ1v) is 8.83. The zero-order valence-corrected chi connectivity index (χ0v) is 14.2. The number of allylic oxidation sites excluding steroid dienone is 1. The van der Waals surface area contributed by atoms with Gasteiger partial charge < -0.3 is 20.4 Å². The molecule has 3 fully saturated rings. The van der Waals surface area contributed by atoms with Gasteiger partial charge in [-0.2, -0.15) is 0 Å². The van der Waals surface area contributed by atoms with Crippen LogP contribution in [0, 0.1) is 28.6 Å². The molecular weight excluding hydrogens is 324 g/mol. The number of carbonyl (C=O) groups is 2. The van der Waals surface area contributed by atoms with E-state index < -0.39 is 46.3 Å². The third-order valence-corrected chi connectivity index (χ3v) is 7.72. The van der Waals surface area contributed by atoms with Gasteiger partial charge >= 0.3 is 11.9 Å². The normalized spacial score (nSPS) is 50.8. The van der Waals surface area contributed by atoms with E-state index in [-0.39, 0.29) is 12.3 Å². The fourth-order valence-electron chi connectivity index (χ4n) is 6.48. The highest BCUT2D eigenvalue weighted by atomic mass is 16.4. The molecule has 0 unspecified atom stereocenters. The predicted molar refractivity (Wildman–Crippen MR) is 87.5 cm³/mol. The quantitative estimate of drug-likeness (QED) is 0.563. The van der Waals surface area contributed by atoms with Gasteiger partial charge in [0, 0.05) is 5.92 Å². The lowest BCUT2D eigenvalue weighted by atomic mass is 9.60. The first-order chi connectivity index (χ1) is 11.6. The molecule has 0 aromatic carbocycles. The molecule has 2 bridgehead atoms. The van der Waals surface area contributed by atoms with Crippen molar-refractivity contribution in [1.82, 2.24) is 0 Å². The van der Waals surface area contributed by atoms with E-state index in [0.29, 0.717) is 31.3 Å². The second-order valence-corrected chi connectivity index (χ2v) is 8.65. The van der Waals surface area contributed by atoms with E-state index >= 15 is 0 Å². The maximum Gasteiger partial charge on any atom is 0.312 e. The highest BCUT2D eigenvalue weighted by molar-refractivity contribution is 5.81. The van der Waals surface area contributed by atoms with Crippen molar-refractivity contribution in [3.8, 4) is 0 Å². The monoisotopic (exact) mass is 348 g/mol. The van der Waals surface area contributed by atoms with Crippen LogP contribution in [-0.2, 0) is 9.59 Å². The summed E-state index contributed by atoms with van der Waals surface area (Å²) in [5, 5.41) is 41.3. The molecule has 25 heavy (non-hydrogen) atoms. The summed E-state index contributed by atoms with van der Waals surface area (Å²) in [7, 11) is 0. The average molecular weight is 348 g/mol. The van der Waals surface area contributed by atoms with E-state index in [9.17, 15) is 30.0 Å². The van der Waals surface area contributed by atoms with Crippen LogP contribution >= 0.6 is 0 Å². The van der Waals surface area contributed by atoms with Gasteiger partial charge in [-0.3, -0.25) is 9.59 Å². The number of fused-ring (bicyclic) bond motifs is 3. The van der Waals surface area contributed by atoms with E-state index in [0.717, 1.165) is 5.57 Å². The second kappa shape index (κ2) is 4.74. The molecule has 6 nitrogen and oxygen atoms in total. The third kappa shape index (κ3) is 1.77. The third-order valence-electron chi connectivity index (χ3n) is 7.72. The van der Waals surface area contributed by atoms with Crippen LogP contribution in [0.2, 0.25) is 0 Å². The molecule has 6 heteroatoms. The van der Waals surface area contributed by atoms with Crippen LogP contribution in [0.5, 0.6) is 0 Å².